The van der Waals surface area contributed by atoms with Crippen molar-refractivity contribution in [2.24, 2.45) is 5.92 Å². The van der Waals surface area contributed by atoms with Gasteiger partial charge in [-0.15, -0.1) is 0 Å². The fourth-order valence-corrected chi connectivity index (χ4v) is 1.66. The predicted octanol–water partition coefficient (Wildman–Crippen LogP) is 3.32. The third kappa shape index (κ3) is 4.58. The van der Waals surface area contributed by atoms with Crippen molar-refractivity contribution < 1.29 is 9.53 Å². The number of Topliss-reactive ketones (excluding diaryl/α,β-unsaturated/α-hetero) is 1. The van der Waals surface area contributed by atoms with E-state index in [1.807, 2.05) is 37.3 Å². The standard InChI is InChI=1S/C14H20O2/c1-11(2)9-12(3)16-10-14(15)13-7-5-4-6-8-13/h4-8,11-12H,9-10H2,1-3H3. The van der Waals surface area contributed by atoms with Crippen molar-refractivity contribution >= 4 is 5.78 Å². The molecule has 0 aliphatic carbocycles. The van der Waals surface area contributed by atoms with Crippen LogP contribution in [0.2, 0.25) is 0 Å². The van der Waals surface area contributed by atoms with E-state index in [0.29, 0.717) is 5.92 Å². The maximum atomic E-state index is 11.7. The molecule has 1 atom stereocenters. The summed E-state index contributed by atoms with van der Waals surface area (Å²) in [6, 6.07) is 9.27. The van der Waals surface area contributed by atoms with E-state index in [9.17, 15) is 4.79 Å². The summed E-state index contributed by atoms with van der Waals surface area (Å²) in [5.74, 6) is 0.651. The summed E-state index contributed by atoms with van der Waals surface area (Å²) in [7, 11) is 0. The highest BCUT2D eigenvalue weighted by Gasteiger charge is 2.09. The van der Waals surface area contributed by atoms with E-state index in [-0.39, 0.29) is 18.5 Å². The van der Waals surface area contributed by atoms with Gasteiger partial charge in [-0.05, 0) is 19.3 Å². The van der Waals surface area contributed by atoms with Crippen molar-refractivity contribution in [1.82, 2.24) is 0 Å². The Morgan fingerprint density at radius 2 is 1.81 bits per heavy atom. The second kappa shape index (κ2) is 6.44. The van der Waals surface area contributed by atoms with Gasteiger partial charge in [-0.3, -0.25) is 4.79 Å². The molecule has 0 fully saturated rings. The van der Waals surface area contributed by atoms with Crippen molar-refractivity contribution in [3.8, 4) is 0 Å². The van der Waals surface area contributed by atoms with Crippen molar-refractivity contribution in [2.75, 3.05) is 6.61 Å². The SMILES string of the molecule is CC(C)CC(C)OCC(=O)c1ccccc1. The first-order chi connectivity index (χ1) is 7.59. The zero-order chi connectivity index (χ0) is 12.0. The van der Waals surface area contributed by atoms with Crippen LogP contribution in [0.15, 0.2) is 30.3 Å². The highest BCUT2D eigenvalue weighted by molar-refractivity contribution is 5.96. The van der Waals surface area contributed by atoms with Gasteiger partial charge in [-0.2, -0.15) is 0 Å². The minimum atomic E-state index is 0.0520. The van der Waals surface area contributed by atoms with E-state index in [2.05, 4.69) is 13.8 Å². The zero-order valence-corrected chi connectivity index (χ0v) is 10.3. The van der Waals surface area contributed by atoms with Crippen LogP contribution >= 0.6 is 0 Å². The molecule has 0 amide bonds. The van der Waals surface area contributed by atoms with E-state index in [4.69, 9.17) is 4.74 Å². The Hall–Kier alpha value is -1.15. The summed E-state index contributed by atoms with van der Waals surface area (Å²) >= 11 is 0. The summed E-state index contributed by atoms with van der Waals surface area (Å²) in [6.45, 7) is 6.49. The van der Waals surface area contributed by atoms with Crippen LogP contribution in [0.4, 0.5) is 0 Å². The highest BCUT2D eigenvalue weighted by atomic mass is 16.5. The van der Waals surface area contributed by atoms with Gasteiger partial charge in [0.05, 0.1) is 6.10 Å². The van der Waals surface area contributed by atoms with E-state index < -0.39 is 0 Å². The molecule has 0 saturated heterocycles. The van der Waals surface area contributed by atoms with Crippen molar-refractivity contribution in [3.63, 3.8) is 0 Å². The average molecular weight is 220 g/mol. The number of ketones is 1. The van der Waals surface area contributed by atoms with Gasteiger partial charge in [0.2, 0.25) is 0 Å². The molecule has 1 aromatic carbocycles. The first kappa shape index (κ1) is 12.9. The van der Waals surface area contributed by atoms with Crippen LogP contribution in [0.3, 0.4) is 0 Å². The molecule has 0 radical (unpaired) electrons. The summed E-state index contributed by atoms with van der Waals surface area (Å²) in [5, 5.41) is 0. The third-order valence-corrected chi connectivity index (χ3v) is 2.40. The van der Waals surface area contributed by atoms with Crippen molar-refractivity contribution in [3.05, 3.63) is 35.9 Å². The van der Waals surface area contributed by atoms with Gasteiger partial charge in [0.1, 0.15) is 6.61 Å². The number of carbonyl (C=O) groups excluding carboxylic acids is 1. The zero-order valence-electron chi connectivity index (χ0n) is 10.3. The van der Waals surface area contributed by atoms with Crippen molar-refractivity contribution in [2.45, 2.75) is 33.3 Å². The first-order valence-corrected chi connectivity index (χ1v) is 5.79. The van der Waals surface area contributed by atoms with Crippen LogP contribution in [0, 0.1) is 5.92 Å². The lowest BCUT2D eigenvalue weighted by atomic mass is 10.1. The Balaban J connectivity index is 2.36. The minimum absolute atomic E-state index is 0.0520. The highest BCUT2D eigenvalue weighted by Crippen LogP contribution is 2.08. The summed E-state index contributed by atoms with van der Waals surface area (Å²) in [6.07, 6.45) is 1.13. The Morgan fingerprint density at radius 3 is 2.38 bits per heavy atom. The Bertz CT molecular complexity index is 317. The molecule has 0 aromatic heterocycles. The minimum Gasteiger partial charge on any atom is -0.370 e. The molecule has 0 heterocycles. The molecule has 1 aromatic rings. The van der Waals surface area contributed by atoms with E-state index >= 15 is 0 Å². The van der Waals surface area contributed by atoms with E-state index in [1.165, 1.54) is 0 Å². The lowest BCUT2D eigenvalue weighted by Crippen LogP contribution is -2.17. The molecule has 0 spiro atoms. The van der Waals surface area contributed by atoms with Crippen LogP contribution < -0.4 is 0 Å². The quantitative estimate of drug-likeness (QED) is 0.687. The molecule has 0 N–H and O–H groups in total. The Kier molecular flexibility index (Phi) is 5.20. The lowest BCUT2D eigenvalue weighted by molar-refractivity contribution is 0.0445. The number of ether oxygens (including phenoxy) is 1. The Labute approximate surface area is 97.6 Å². The molecular formula is C14H20O2. The fourth-order valence-electron chi connectivity index (χ4n) is 1.66. The molecule has 0 aliphatic heterocycles. The van der Waals surface area contributed by atoms with E-state index in [1.54, 1.807) is 0 Å². The Morgan fingerprint density at radius 1 is 1.19 bits per heavy atom. The molecule has 2 heteroatoms. The molecule has 0 bridgehead atoms. The molecular weight excluding hydrogens is 200 g/mol. The smallest absolute Gasteiger partial charge is 0.188 e. The average Bonchev–Trinajstić information content (AvgIpc) is 2.26. The molecule has 2 nitrogen and oxygen atoms in total. The summed E-state index contributed by atoms with van der Waals surface area (Å²) in [4.78, 5) is 11.7. The summed E-state index contributed by atoms with van der Waals surface area (Å²) < 4.78 is 5.52. The number of hydrogen-bond donors (Lipinski definition) is 0. The molecule has 16 heavy (non-hydrogen) atoms. The largest absolute Gasteiger partial charge is 0.370 e. The van der Waals surface area contributed by atoms with E-state index in [0.717, 1.165) is 12.0 Å². The third-order valence-electron chi connectivity index (χ3n) is 2.40. The molecule has 88 valence electrons. The van der Waals surface area contributed by atoms with Crippen LogP contribution in [0.1, 0.15) is 37.6 Å². The van der Waals surface area contributed by atoms with Crippen LogP contribution in [0.25, 0.3) is 0 Å². The molecule has 1 rings (SSSR count). The van der Waals surface area contributed by atoms with Gasteiger partial charge in [0, 0.05) is 5.56 Å². The van der Waals surface area contributed by atoms with Crippen LogP contribution in [0.5, 0.6) is 0 Å². The second-order valence-corrected chi connectivity index (χ2v) is 4.54. The van der Waals surface area contributed by atoms with Gasteiger partial charge >= 0.3 is 0 Å². The number of benzene rings is 1. The van der Waals surface area contributed by atoms with Gasteiger partial charge in [0.25, 0.3) is 0 Å². The topological polar surface area (TPSA) is 26.3 Å². The van der Waals surface area contributed by atoms with Gasteiger partial charge in [-0.25, -0.2) is 0 Å². The normalized spacial score (nSPS) is 12.8. The van der Waals surface area contributed by atoms with Gasteiger partial charge < -0.3 is 4.74 Å². The fraction of sp³-hybridized carbons (Fsp3) is 0.500. The number of hydrogen-bond acceptors (Lipinski definition) is 2. The molecule has 0 aliphatic rings. The van der Waals surface area contributed by atoms with Crippen LogP contribution in [-0.2, 0) is 4.74 Å². The van der Waals surface area contributed by atoms with Crippen LogP contribution in [-0.4, -0.2) is 18.5 Å². The number of rotatable bonds is 6. The molecule has 0 saturated carbocycles. The molecule has 1 unspecified atom stereocenters. The number of carbonyl (C=O) groups is 1. The lowest BCUT2D eigenvalue weighted by Gasteiger charge is -2.14. The summed E-state index contributed by atoms with van der Waals surface area (Å²) in [5.41, 5.74) is 0.722. The monoisotopic (exact) mass is 220 g/mol. The first-order valence-electron chi connectivity index (χ1n) is 5.79. The van der Waals surface area contributed by atoms with Gasteiger partial charge in [-0.1, -0.05) is 44.2 Å². The van der Waals surface area contributed by atoms with Crippen molar-refractivity contribution in [1.29, 1.82) is 0 Å². The maximum Gasteiger partial charge on any atom is 0.188 e. The predicted molar refractivity (Wildman–Crippen MR) is 65.6 cm³/mol. The second-order valence-electron chi connectivity index (χ2n) is 4.54. The maximum absolute atomic E-state index is 11.7. The van der Waals surface area contributed by atoms with Gasteiger partial charge in [0.15, 0.2) is 5.78 Å².